The molecule has 0 unspecified atom stereocenters. The molecule has 1 heterocycles. The fourth-order valence-electron chi connectivity index (χ4n) is 1.00. The van der Waals surface area contributed by atoms with Crippen LogP contribution in [0.3, 0.4) is 0 Å². The van der Waals surface area contributed by atoms with E-state index >= 15 is 0 Å². The minimum absolute atomic E-state index is 0.276. The molecule has 1 N–H and O–H groups in total. The third-order valence-corrected chi connectivity index (χ3v) is 3.72. The molecule has 1 aromatic heterocycles. The topological polar surface area (TPSA) is 33.1 Å². The Hall–Kier alpha value is -0.450. The van der Waals surface area contributed by atoms with E-state index < -0.39 is 0 Å². The third kappa shape index (κ3) is 1.90. The molecule has 0 aliphatic carbocycles. The number of halogens is 1. The van der Waals surface area contributed by atoms with Gasteiger partial charge in [0.15, 0.2) is 4.34 Å². The molecule has 0 saturated heterocycles. The van der Waals surface area contributed by atoms with Crippen LogP contribution in [0.25, 0.3) is 10.2 Å². The predicted molar refractivity (Wildman–Crippen MR) is 57.9 cm³/mol. The summed E-state index contributed by atoms with van der Waals surface area (Å²) < 4.78 is 1.93. The van der Waals surface area contributed by atoms with Gasteiger partial charge in [-0.1, -0.05) is 11.8 Å². The summed E-state index contributed by atoms with van der Waals surface area (Å²) in [5, 5.41) is 9.72. The van der Waals surface area contributed by atoms with Crippen LogP contribution in [0.5, 0.6) is 5.75 Å². The summed E-state index contributed by atoms with van der Waals surface area (Å²) in [5.41, 5.74) is 0.912. The Bertz CT molecular complexity index is 429. The largest absolute Gasteiger partial charge is 0.508 e. The maximum atomic E-state index is 9.22. The van der Waals surface area contributed by atoms with Gasteiger partial charge in [-0.25, -0.2) is 4.98 Å². The molecule has 1 aromatic carbocycles. The number of rotatable bonds is 2. The van der Waals surface area contributed by atoms with Gasteiger partial charge in [-0.15, -0.1) is 22.9 Å². The van der Waals surface area contributed by atoms with Crippen molar-refractivity contribution in [1.82, 2.24) is 4.98 Å². The Labute approximate surface area is 88.6 Å². The normalized spacial score (nSPS) is 10.8. The van der Waals surface area contributed by atoms with E-state index in [1.165, 1.54) is 11.8 Å². The molecule has 0 bridgehead atoms. The summed E-state index contributed by atoms with van der Waals surface area (Å²) in [5.74, 6) is 0.276. The van der Waals surface area contributed by atoms with Crippen molar-refractivity contribution in [3.8, 4) is 5.75 Å². The number of aromatic hydroxyl groups is 1. The third-order valence-electron chi connectivity index (χ3n) is 1.53. The van der Waals surface area contributed by atoms with Crippen LogP contribution in [0.1, 0.15) is 0 Å². The molecule has 0 spiro atoms. The second kappa shape index (κ2) is 3.74. The standard InChI is InChI=1S/C8H6ClNOS2/c9-4-12-8-10-6-2-1-5(11)3-7(6)13-8/h1-3,11H,4H2. The first-order valence-electron chi connectivity index (χ1n) is 3.58. The van der Waals surface area contributed by atoms with Gasteiger partial charge in [-0.2, -0.15) is 0 Å². The van der Waals surface area contributed by atoms with E-state index in [2.05, 4.69) is 4.98 Å². The first-order chi connectivity index (χ1) is 6.29. The lowest BCUT2D eigenvalue weighted by Gasteiger charge is -1.87. The van der Waals surface area contributed by atoms with Gasteiger partial charge in [-0.3, -0.25) is 0 Å². The van der Waals surface area contributed by atoms with Crippen molar-refractivity contribution in [1.29, 1.82) is 0 Å². The summed E-state index contributed by atoms with van der Waals surface area (Å²) in [4.78, 5) is 4.33. The van der Waals surface area contributed by atoms with Gasteiger partial charge >= 0.3 is 0 Å². The highest BCUT2D eigenvalue weighted by Gasteiger charge is 2.03. The van der Waals surface area contributed by atoms with Gasteiger partial charge in [0.1, 0.15) is 5.75 Å². The molecule has 0 amide bonds. The number of fused-ring (bicyclic) bond motifs is 1. The molecule has 13 heavy (non-hydrogen) atoms. The van der Waals surface area contributed by atoms with Gasteiger partial charge in [0.2, 0.25) is 0 Å². The Morgan fingerprint density at radius 3 is 3.15 bits per heavy atom. The molecule has 0 radical (unpaired) electrons. The fraction of sp³-hybridized carbons (Fsp3) is 0.125. The highest BCUT2D eigenvalue weighted by atomic mass is 35.5. The van der Waals surface area contributed by atoms with E-state index in [1.807, 2.05) is 0 Å². The molecule has 0 aliphatic heterocycles. The van der Waals surface area contributed by atoms with E-state index in [-0.39, 0.29) is 5.75 Å². The minimum atomic E-state index is 0.276. The van der Waals surface area contributed by atoms with Crippen LogP contribution in [0.2, 0.25) is 0 Å². The molecule has 0 fully saturated rings. The summed E-state index contributed by atoms with van der Waals surface area (Å²) in [6.45, 7) is 0. The quantitative estimate of drug-likeness (QED) is 0.636. The average molecular weight is 232 g/mol. The summed E-state index contributed by atoms with van der Waals surface area (Å²) >= 11 is 8.62. The van der Waals surface area contributed by atoms with Gasteiger partial charge < -0.3 is 5.11 Å². The van der Waals surface area contributed by atoms with Crippen molar-refractivity contribution in [2.24, 2.45) is 0 Å². The molecule has 0 aliphatic rings. The molecular formula is C8H6ClNOS2. The second-order valence-corrected chi connectivity index (χ2v) is 5.22. The van der Waals surface area contributed by atoms with Crippen molar-refractivity contribution in [3.63, 3.8) is 0 Å². The van der Waals surface area contributed by atoms with E-state index in [4.69, 9.17) is 11.6 Å². The van der Waals surface area contributed by atoms with E-state index in [0.717, 1.165) is 14.6 Å². The van der Waals surface area contributed by atoms with E-state index in [0.29, 0.717) is 5.21 Å². The molecular weight excluding hydrogens is 226 g/mol. The fourth-order valence-corrected chi connectivity index (χ4v) is 3.17. The Morgan fingerprint density at radius 2 is 2.38 bits per heavy atom. The van der Waals surface area contributed by atoms with Crippen molar-refractivity contribution < 1.29 is 5.11 Å². The summed E-state index contributed by atoms with van der Waals surface area (Å²) in [6, 6.07) is 5.15. The van der Waals surface area contributed by atoms with E-state index in [9.17, 15) is 5.11 Å². The van der Waals surface area contributed by atoms with Crippen LogP contribution in [0.15, 0.2) is 22.5 Å². The first-order valence-corrected chi connectivity index (χ1v) is 5.91. The lowest BCUT2D eigenvalue weighted by molar-refractivity contribution is 0.476. The van der Waals surface area contributed by atoms with Crippen LogP contribution in [0.4, 0.5) is 0 Å². The summed E-state index contributed by atoms with van der Waals surface area (Å²) in [6.07, 6.45) is 0. The second-order valence-electron chi connectivity index (χ2n) is 2.39. The van der Waals surface area contributed by atoms with Gasteiger partial charge in [0.05, 0.1) is 15.4 Å². The molecule has 68 valence electrons. The van der Waals surface area contributed by atoms with Gasteiger partial charge in [-0.05, 0) is 18.2 Å². The number of hydrogen-bond acceptors (Lipinski definition) is 4. The average Bonchev–Trinajstić information content (AvgIpc) is 2.46. The number of thiazole rings is 1. The first kappa shape index (κ1) is 9.12. The number of nitrogens with zero attached hydrogens (tertiary/aromatic N) is 1. The Kier molecular flexibility index (Phi) is 2.62. The van der Waals surface area contributed by atoms with Crippen LogP contribution < -0.4 is 0 Å². The number of phenolic OH excluding ortho intramolecular Hbond substituents is 1. The zero-order valence-corrected chi connectivity index (χ0v) is 8.92. The lowest BCUT2D eigenvalue weighted by Crippen LogP contribution is -1.68. The van der Waals surface area contributed by atoms with Crippen LogP contribution in [-0.2, 0) is 0 Å². The van der Waals surface area contributed by atoms with E-state index in [1.54, 1.807) is 29.5 Å². The number of aromatic nitrogens is 1. The molecule has 0 atom stereocenters. The van der Waals surface area contributed by atoms with Crippen LogP contribution in [-0.4, -0.2) is 15.3 Å². The highest BCUT2D eigenvalue weighted by Crippen LogP contribution is 2.31. The lowest BCUT2D eigenvalue weighted by atomic mass is 10.3. The molecule has 2 rings (SSSR count). The van der Waals surface area contributed by atoms with Gasteiger partial charge in [0, 0.05) is 0 Å². The number of thioether (sulfide) groups is 1. The number of phenols is 1. The van der Waals surface area contributed by atoms with Crippen molar-refractivity contribution >= 4 is 44.9 Å². The minimum Gasteiger partial charge on any atom is -0.508 e. The van der Waals surface area contributed by atoms with Crippen molar-refractivity contribution in [2.45, 2.75) is 4.34 Å². The summed E-state index contributed by atoms with van der Waals surface area (Å²) in [7, 11) is 0. The number of benzene rings is 1. The number of alkyl halides is 1. The Morgan fingerprint density at radius 1 is 1.54 bits per heavy atom. The zero-order valence-electron chi connectivity index (χ0n) is 6.53. The predicted octanol–water partition coefficient (Wildman–Crippen LogP) is 3.29. The molecule has 5 heteroatoms. The highest BCUT2D eigenvalue weighted by molar-refractivity contribution is 8.02. The van der Waals surface area contributed by atoms with Crippen molar-refractivity contribution in [3.05, 3.63) is 18.2 Å². The monoisotopic (exact) mass is 231 g/mol. The maximum absolute atomic E-state index is 9.22. The SMILES string of the molecule is Oc1ccc2nc(SCCl)sc2c1. The Balaban J connectivity index is 2.49. The van der Waals surface area contributed by atoms with Crippen molar-refractivity contribution in [2.75, 3.05) is 5.21 Å². The molecule has 2 aromatic rings. The maximum Gasteiger partial charge on any atom is 0.152 e. The molecule has 0 saturated carbocycles. The number of hydrogen-bond donors (Lipinski definition) is 1. The molecule has 2 nitrogen and oxygen atoms in total. The zero-order chi connectivity index (χ0) is 9.26. The van der Waals surface area contributed by atoms with Crippen LogP contribution in [0, 0.1) is 0 Å². The van der Waals surface area contributed by atoms with Gasteiger partial charge in [0.25, 0.3) is 0 Å². The van der Waals surface area contributed by atoms with Crippen LogP contribution >= 0.6 is 34.7 Å². The smallest absolute Gasteiger partial charge is 0.152 e.